The van der Waals surface area contributed by atoms with Gasteiger partial charge in [0.2, 0.25) is 5.95 Å². The van der Waals surface area contributed by atoms with Gasteiger partial charge in [-0.15, -0.1) is 0 Å². The van der Waals surface area contributed by atoms with Crippen LogP contribution in [0.1, 0.15) is 12.6 Å². The number of nitrogens with two attached hydrogens (primary N) is 1. The van der Waals surface area contributed by atoms with Crippen LogP contribution in [0.25, 0.3) is 33.4 Å². The minimum absolute atomic E-state index is 0.284. The molecule has 27 heavy (non-hydrogen) atoms. The van der Waals surface area contributed by atoms with Crippen molar-refractivity contribution in [1.29, 1.82) is 0 Å². The van der Waals surface area contributed by atoms with Gasteiger partial charge >= 0.3 is 0 Å². The normalized spacial score (nSPS) is 11.1. The molecule has 4 aromatic heterocycles. The molecule has 7 nitrogen and oxygen atoms in total. The molecule has 0 aliphatic heterocycles. The molecule has 0 aliphatic rings. The molecule has 0 radical (unpaired) electrons. The summed E-state index contributed by atoms with van der Waals surface area (Å²) in [7, 11) is 3.94. The van der Waals surface area contributed by atoms with Crippen molar-refractivity contribution in [2.24, 2.45) is 0 Å². The van der Waals surface area contributed by atoms with Gasteiger partial charge in [0, 0.05) is 60.5 Å². The zero-order chi connectivity index (χ0) is 19.0. The standard InChI is InChI=1S/C20H21N7/c1-4-14-8-17(26-20(21)25-14)16-11-24-19-15(16)7-13(10-23-19)12-5-6-18(22-9-12)27(2)3/h5-11H,4H2,1-3H3,(H,23,24)(H2,21,25,26). The maximum atomic E-state index is 5.88. The Morgan fingerprint density at radius 1 is 1.04 bits per heavy atom. The van der Waals surface area contributed by atoms with Crippen LogP contribution in [0.5, 0.6) is 0 Å². The lowest BCUT2D eigenvalue weighted by molar-refractivity contribution is 1.01. The average Bonchev–Trinajstić information content (AvgIpc) is 3.10. The Morgan fingerprint density at radius 3 is 2.56 bits per heavy atom. The monoisotopic (exact) mass is 359 g/mol. The van der Waals surface area contributed by atoms with Crippen LogP contribution in [-0.2, 0) is 6.42 Å². The number of aromatic nitrogens is 5. The van der Waals surface area contributed by atoms with E-state index >= 15 is 0 Å². The van der Waals surface area contributed by atoms with Crippen molar-refractivity contribution in [3.8, 4) is 22.4 Å². The molecular formula is C20H21N7. The van der Waals surface area contributed by atoms with Gasteiger partial charge in [0.25, 0.3) is 0 Å². The van der Waals surface area contributed by atoms with E-state index in [0.29, 0.717) is 0 Å². The molecule has 3 N–H and O–H groups in total. The van der Waals surface area contributed by atoms with E-state index in [1.807, 2.05) is 56.6 Å². The van der Waals surface area contributed by atoms with Crippen molar-refractivity contribution in [2.45, 2.75) is 13.3 Å². The summed E-state index contributed by atoms with van der Waals surface area (Å²) in [5, 5.41) is 0.990. The molecule has 0 amide bonds. The lowest BCUT2D eigenvalue weighted by Crippen LogP contribution is -2.09. The second-order valence-corrected chi connectivity index (χ2v) is 6.58. The quantitative estimate of drug-likeness (QED) is 0.580. The van der Waals surface area contributed by atoms with Crippen LogP contribution < -0.4 is 10.6 Å². The Balaban J connectivity index is 1.81. The van der Waals surface area contributed by atoms with Crippen molar-refractivity contribution in [2.75, 3.05) is 24.7 Å². The Kier molecular flexibility index (Phi) is 4.19. The highest BCUT2D eigenvalue weighted by Gasteiger charge is 2.12. The molecule has 4 aromatic rings. The van der Waals surface area contributed by atoms with E-state index < -0.39 is 0 Å². The van der Waals surface area contributed by atoms with Gasteiger partial charge in [-0.1, -0.05) is 6.92 Å². The first kappa shape index (κ1) is 17.0. The van der Waals surface area contributed by atoms with Gasteiger partial charge < -0.3 is 15.6 Å². The van der Waals surface area contributed by atoms with E-state index in [-0.39, 0.29) is 5.95 Å². The number of nitrogen functional groups attached to an aromatic ring is 1. The lowest BCUT2D eigenvalue weighted by Gasteiger charge is -2.11. The van der Waals surface area contributed by atoms with Gasteiger partial charge in [0.15, 0.2) is 0 Å². The van der Waals surface area contributed by atoms with Crippen molar-refractivity contribution in [3.63, 3.8) is 0 Å². The minimum atomic E-state index is 0.284. The van der Waals surface area contributed by atoms with E-state index in [1.54, 1.807) is 0 Å². The van der Waals surface area contributed by atoms with Crippen LogP contribution in [0.3, 0.4) is 0 Å². The fourth-order valence-electron chi connectivity index (χ4n) is 3.03. The lowest BCUT2D eigenvalue weighted by atomic mass is 10.1. The summed E-state index contributed by atoms with van der Waals surface area (Å²) in [5.74, 6) is 1.20. The van der Waals surface area contributed by atoms with Gasteiger partial charge in [-0.05, 0) is 30.7 Å². The van der Waals surface area contributed by atoms with Gasteiger partial charge in [0.1, 0.15) is 11.5 Å². The molecule has 0 unspecified atom stereocenters. The highest BCUT2D eigenvalue weighted by Crippen LogP contribution is 2.30. The Morgan fingerprint density at radius 2 is 1.85 bits per heavy atom. The second-order valence-electron chi connectivity index (χ2n) is 6.58. The van der Waals surface area contributed by atoms with E-state index in [0.717, 1.165) is 51.4 Å². The fourth-order valence-corrected chi connectivity index (χ4v) is 3.03. The van der Waals surface area contributed by atoms with Crippen LogP contribution in [0, 0.1) is 0 Å². The number of pyridine rings is 2. The summed E-state index contributed by atoms with van der Waals surface area (Å²) in [6.07, 6.45) is 6.43. The first-order valence-electron chi connectivity index (χ1n) is 8.80. The first-order chi connectivity index (χ1) is 13.0. The average molecular weight is 359 g/mol. The van der Waals surface area contributed by atoms with Crippen LogP contribution >= 0.6 is 0 Å². The number of H-pyrrole nitrogens is 1. The van der Waals surface area contributed by atoms with Gasteiger partial charge in [-0.3, -0.25) is 0 Å². The number of hydrogen-bond acceptors (Lipinski definition) is 6. The smallest absolute Gasteiger partial charge is 0.220 e. The highest BCUT2D eigenvalue weighted by molar-refractivity contribution is 5.95. The molecule has 0 bridgehead atoms. The summed E-state index contributed by atoms with van der Waals surface area (Å²) < 4.78 is 0. The molecule has 0 spiro atoms. The number of rotatable bonds is 4. The summed E-state index contributed by atoms with van der Waals surface area (Å²) in [6.45, 7) is 2.05. The maximum absolute atomic E-state index is 5.88. The summed E-state index contributed by atoms with van der Waals surface area (Å²) in [6, 6.07) is 8.12. The number of anilines is 2. The molecule has 0 atom stereocenters. The first-order valence-corrected chi connectivity index (χ1v) is 8.80. The van der Waals surface area contributed by atoms with Crippen molar-refractivity contribution < 1.29 is 0 Å². The Bertz CT molecular complexity index is 1100. The van der Waals surface area contributed by atoms with Crippen LogP contribution in [0.15, 0.2) is 42.9 Å². The number of aromatic amines is 1. The number of fused-ring (bicyclic) bond motifs is 1. The zero-order valence-electron chi connectivity index (χ0n) is 15.6. The summed E-state index contributed by atoms with van der Waals surface area (Å²) >= 11 is 0. The predicted octanol–water partition coefficient (Wildman–Crippen LogP) is 3.29. The van der Waals surface area contributed by atoms with Crippen LogP contribution in [0.4, 0.5) is 11.8 Å². The summed E-state index contributed by atoms with van der Waals surface area (Å²) in [4.78, 5) is 22.9. The number of nitrogens with zero attached hydrogens (tertiary/aromatic N) is 5. The molecule has 0 aromatic carbocycles. The molecule has 4 rings (SSSR count). The third-order valence-corrected chi connectivity index (χ3v) is 4.51. The van der Waals surface area contributed by atoms with Gasteiger partial charge in [-0.2, -0.15) is 0 Å². The second kappa shape index (κ2) is 6.68. The van der Waals surface area contributed by atoms with Crippen molar-refractivity contribution in [3.05, 3.63) is 48.5 Å². The molecule has 0 fully saturated rings. The third-order valence-electron chi connectivity index (χ3n) is 4.51. The van der Waals surface area contributed by atoms with E-state index in [1.165, 1.54) is 0 Å². The SMILES string of the molecule is CCc1cc(-c2c[nH]c3ncc(-c4ccc(N(C)C)nc4)cc23)nc(N)n1. The van der Waals surface area contributed by atoms with Gasteiger partial charge in [0.05, 0.1) is 5.69 Å². The number of aryl methyl sites for hydroxylation is 1. The van der Waals surface area contributed by atoms with E-state index in [9.17, 15) is 0 Å². The van der Waals surface area contributed by atoms with Crippen LogP contribution in [-0.4, -0.2) is 39.0 Å². The molecular weight excluding hydrogens is 338 g/mol. The highest BCUT2D eigenvalue weighted by atomic mass is 15.1. The van der Waals surface area contributed by atoms with Crippen LogP contribution in [0.2, 0.25) is 0 Å². The Labute approximate surface area is 157 Å². The van der Waals surface area contributed by atoms with E-state index in [4.69, 9.17) is 5.73 Å². The van der Waals surface area contributed by atoms with Crippen molar-refractivity contribution in [1.82, 2.24) is 24.9 Å². The van der Waals surface area contributed by atoms with Gasteiger partial charge in [-0.25, -0.2) is 19.9 Å². The molecule has 0 saturated carbocycles. The fraction of sp³-hybridized carbons (Fsp3) is 0.200. The molecule has 7 heteroatoms. The molecule has 136 valence electrons. The molecule has 0 aliphatic carbocycles. The number of nitrogens with one attached hydrogen (secondary N) is 1. The minimum Gasteiger partial charge on any atom is -0.368 e. The predicted molar refractivity (Wildman–Crippen MR) is 108 cm³/mol. The topological polar surface area (TPSA) is 96.6 Å². The Hall–Kier alpha value is -3.48. The zero-order valence-corrected chi connectivity index (χ0v) is 15.6. The van der Waals surface area contributed by atoms with Crippen molar-refractivity contribution >= 4 is 22.8 Å². The molecule has 0 saturated heterocycles. The van der Waals surface area contributed by atoms with E-state index in [2.05, 4.69) is 37.1 Å². The maximum Gasteiger partial charge on any atom is 0.220 e. The third kappa shape index (κ3) is 3.19. The largest absolute Gasteiger partial charge is 0.368 e. The number of hydrogen-bond donors (Lipinski definition) is 2. The molecule has 4 heterocycles. The summed E-state index contributed by atoms with van der Waals surface area (Å²) in [5.41, 5.74) is 11.4.